The molecule has 0 saturated carbocycles. The Morgan fingerprint density at radius 3 is 2.60 bits per heavy atom. The number of carbonyl (C=O) groups excluding carboxylic acids is 1. The van der Waals surface area contributed by atoms with E-state index in [1.807, 2.05) is 37.3 Å². The maximum absolute atomic E-state index is 11.5. The Bertz CT molecular complexity index is 382. The van der Waals surface area contributed by atoms with Crippen molar-refractivity contribution in [3.8, 4) is 5.75 Å². The Morgan fingerprint density at radius 2 is 1.95 bits per heavy atom. The average Bonchev–Trinajstić information content (AvgIpc) is 2.42. The molecule has 5 heteroatoms. The first kappa shape index (κ1) is 16.3. The quantitative estimate of drug-likeness (QED) is 0.636. The fourth-order valence-corrected chi connectivity index (χ4v) is 1.85. The third kappa shape index (κ3) is 7.63. The first-order chi connectivity index (χ1) is 9.58. The molecule has 112 valence electrons. The van der Waals surface area contributed by atoms with Crippen LogP contribution >= 0.6 is 0 Å². The Kier molecular flexibility index (Phi) is 7.50. The topological polar surface area (TPSA) is 70.6 Å². The second-order valence-corrected chi connectivity index (χ2v) is 4.99. The van der Waals surface area contributed by atoms with E-state index in [-0.39, 0.29) is 18.1 Å². The molecule has 1 rings (SSSR count). The Balaban J connectivity index is 2.05. The van der Waals surface area contributed by atoms with Gasteiger partial charge in [-0.3, -0.25) is 0 Å². The van der Waals surface area contributed by atoms with E-state index in [1.54, 1.807) is 6.92 Å². The lowest BCUT2D eigenvalue weighted by Crippen LogP contribution is -2.39. The molecular formula is C15H24N2O3. The minimum Gasteiger partial charge on any atom is -0.492 e. The Morgan fingerprint density at radius 1 is 1.25 bits per heavy atom. The Hall–Kier alpha value is -1.75. The third-order valence-electron chi connectivity index (χ3n) is 2.75. The van der Waals surface area contributed by atoms with E-state index in [1.165, 1.54) is 0 Å². The molecule has 5 nitrogen and oxygen atoms in total. The molecule has 0 heterocycles. The zero-order valence-corrected chi connectivity index (χ0v) is 12.1. The number of carbonyl (C=O) groups is 1. The maximum Gasteiger partial charge on any atom is 0.314 e. The third-order valence-corrected chi connectivity index (χ3v) is 2.75. The number of aliphatic hydroxyl groups excluding tert-OH is 1. The fraction of sp³-hybridized carbons (Fsp3) is 0.533. The number of urea groups is 1. The zero-order valence-electron chi connectivity index (χ0n) is 12.1. The van der Waals surface area contributed by atoms with Crippen molar-refractivity contribution < 1.29 is 14.6 Å². The van der Waals surface area contributed by atoms with Crippen molar-refractivity contribution in [2.24, 2.45) is 5.92 Å². The van der Waals surface area contributed by atoms with Gasteiger partial charge in [-0.1, -0.05) is 25.1 Å². The predicted molar refractivity (Wildman–Crippen MR) is 78.8 cm³/mol. The summed E-state index contributed by atoms with van der Waals surface area (Å²) in [7, 11) is 0. The highest BCUT2D eigenvalue weighted by atomic mass is 16.5. The summed E-state index contributed by atoms with van der Waals surface area (Å²) in [5, 5.41) is 14.7. The highest BCUT2D eigenvalue weighted by molar-refractivity contribution is 5.73. The predicted octanol–water partition coefficient (Wildman–Crippen LogP) is 1.77. The lowest BCUT2D eigenvalue weighted by molar-refractivity contribution is 0.163. The standard InChI is InChI=1S/C15H24N2O3/c1-12(10-13(2)18)11-17-15(19)16-8-9-20-14-6-4-3-5-7-14/h3-7,12-13,18H,8-11H2,1-2H3,(H2,16,17,19). The maximum atomic E-state index is 11.5. The normalized spacial score (nSPS) is 13.3. The number of hydrogen-bond donors (Lipinski definition) is 3. The molecule has 0 fully saturated rings. The van der Waals surface area contributed by atoms with Crippen molar-refractivity contribution in [3.63, 3.8) is 0 Å². The fourth-order valence-electron chi connectivity index (χ4n) is 1.85. The number of para-hydroxylation sites is 1. The smallest absolute Gasteiger partial charge is 0.314 e. The number of nitrogens with one attached hydrogen (secondary N) is 2. The summed E-state index contributed by atoms with van der Waals surface area (Å²) in [6.07, 6.45) is 0.339. The van der Waals surface area contributed by atoms with Gasteiger partial charge in [0.15, 0.2) is 0 Å². The van der Waals surface area contributed by atoms with Crippen molar-refractivity contribution in [1.82, 2.24) is 10.6 Å². The molecule has 0 aromatic heterocycles. The molecule has 1 aromatic carbocycles. The summed E-state index contributed by atoms with van der Waals surface area (Å²) in [4.78, 5) is 11.5. The molecule has 3 N–H and O–H groups in total. The van der Waals surface area contributed by atoms with Crippen molar-refractivity contribution in [1.29, 1.82) is 0 Å². The van der Waals surface area contributed by atoms with Crippen LogP contribution in [0, 0.1) is 5.92 Å². The highest BCUT2D eigenvalue weighted by Gasteiger charge is 2.07. The van der Waals surface area contributed by atoms with E-state index in [0.717, 1.165) is 5.75 Å². The molecule has 2 atom stereocenters. The van der Waals surface area contributed by atoms with Gasteiger partial charge in [0.05, 0.1) is 12.6 Å². The van der Waals surface area contributed by atoms with Gasteiger partial charge in [0.25, 0.3) is 0 Å². The van der Waals surface area contributed by atoms with Gasteiger partial charge in [-0.2, -0.15) is 0 Å². The second kappa shape index (κ2) is 9.20. The molecule has 1 aromatic rings. The summed E-state index contributed by atoms with van der Waals surface area (Å²) in [5.41, 5.74) is 0. The zero-order chi connectivity index (χ0) is 14.8. The van der Waals surface area contributed by atoms with Crippen LogP contribution in [0.2, 0.25) is 0 Å². The first-order valence-electron chi connectivity index (χ1n) is 6.95. The van der Waals surface area contributed by atoms with Crippen LogP contribution < -0.4 is 15.4 Å². The van der Waals surface area contributed by atoms with Gasteiger partial charge in [-0.05, 0) is 31.4 Å². The van der Waals surface area contributed by atoms with Gasteiger partial charge in [0.2, 0.25) is 0 Å². The molecular weight excluding hydrogens is 256 g/mol. The molecule has 0 aliphatic rings. The van der Waals surface area contributed by atoms with Gasteiger partial charge in [-0.15, -0.1) is 0 Å². The summed E-state index contributed by atoms with van der Waals surface area (Å²) < 4.78 is 5.46. The summed E-state index contributed by atoms with van der Waals surface area (Å²) >= 11 is 0. The largest absolute Gasteiger partial charge is 0.492 e. The second-order valence-electron chi connectivity index (χ2n) is 4.99. The summed E-state index contributed by atoms with van der Waals surface area (Å²) in [6.45, 7) is 5.17. The molecule has 0 spiro atoms. The van der Waals surface area contributed by atoms with Gasteiger partial charge >= 0.3 is 6.03 Å². The average molecular weight is 280 g/mol. The molecule has 2 amide bonds. The van der Waals surface area contributed by atoms with E-state index >= 15 is 0 Å². The monoisotopic (exact) mass is 280 g/mol. The highest BCUT2D eigenvalue weighted by Crippen LogP contribution is 2.07. The van der Waals surface area contributed by atoms with E-state index in [0.29, 0.717) is 26.1 Å². The summed E-state index contributed by atoms with van der Waals surface area (Å²) in [5.74, 6) is 1.04. The minimum absolute atomic E-state index is 0.209. The van der Waals surface area contributed by atoms with Crippen LogP contribution in [0.1, 0.15) is 20.3 Å². The van der Waals surface area contributed by atoms with Gasteiger partial charge < -0.3 is 20.5 Å². The molecule has 2 unspecified atom stereocenters. The molecule has 20 heavy (non-hydrogen) atoms. The number of benzene rings is 1. The van der Waals surface area contributed by atoms with E-state index in [9.17, 15) is 9.90 Å². The Labute approximate surface area is 120 Å². The molecule has 0 aliphatic heterocycles. The first-order valence-corrected chi connectivity index (χ1v) is 6.95. The van der Waals surface area contributed by atoms with Crippen LogP contribution in [0.25, 0.3) is 0 Å². The van der Waals surface area contributed by atoms with E-state index < -0.39 is 0 Å². The van der Waals surface area contributed by atoms with Crippen LogP contribution in [-0.2, 0) is 0 Å². The summed E-state index contributed by atoms with van der Waals surface area (Å²) in [6, 6.07) is 9.26. The van der Waals surface area contributed by atoms with Crippen LogP contribution in [0.3, 0.4) is 0 Å². The van der Waals surface area contributed by atoms with Crippen molar-refractivity contribution in [2.75, 3.05) is 19.7 Å². The van der Waals surface area contributed by atoms with Crippen molar-refractivity contribution in [3.05, 3.63) is 30.3 Å². The van der Waals surface area contributed by atoms with Crippen molar-refractivity contribution >= 4 is 6.03 Å². The molecule has 0 aliphatic carbocycles. The number of aliphatic hydroxyl groups is 1. The lowest BCUT2D eigenvalue weighted by atomic mass is 10.1. The molecule has 0 radical (unpaired) electrons. The SMILES string of the molecule is CC(O)CC(C)CNC(=O)NCCOc1ccccc1. The number of hydrogen-bond acceptors (Lipinski definition) is 3. The lowest BCUT2D eigenvalue weighted by Gasteiger charge is -2.14. The van der Waals surface area contributed by atoms with E-state index in [4.69, 9.17) is 4.74 Å². The van der Waals surface area contributed by atoms with Gasteiger partial charge in [0, 0.05) is 6.54 Å². The van der Waals surface area contributed by atoms with Crippen LogP contribution in [-0.4, -0.2) is 36.9 Å². The molecule has 0 bridgehead atoms. The minimum atomic E-state index is -0.339. The molecule has 0 saturated heterocycles. The van der Waals surface area contributed by atoms with Crippen molar-refractivity contribution in [2.45, 2.75) is 26.4 Å². The van der Waals surface area contributed by atoms with E-state index in [2.05, 4.69) is 10.6 Å². The van der Waals surface area contributed by atoms with Gasteiger partial charge in [0.1, 0.15) is 12.4 Å². The number of amides is 2. The number of rotatable bonds is 8. The van der Waals surface area contributed by atoms with Gasteiger partial charge in [-0.25, -0.2) is 4.79 Å². The van der Waals surface area contributed by atoms with Crippen LogP contribution in [0.15, 0.2) is 30.3 Å². The number of ether oxygens (including phenoxy) is 1. The van der Waals surface area contributed by atoms with Crippen LogP contribution in [0.5, 0.6) is 5.75 Å². The van der Waals surface area contributed by atoms with Crippen LogP contribution in [0.4, 0.5) is 4.79 Å².